The SMILES string of the molecule is COc1ccc(NC(=O)C(C)(C)Cc2ccccc2)c2ccccc12. The topological polar surface area (TPSA) is 38.3 Å². The van der Waals surface area contributed by atoms with Crippen molar-refractivity contribution < 1.29 is 9.53 Å². The lowest BCUT2D eigenvalue weighted by Gasteiger charge is -2.24. The van der Waals surface area contributed by atoms with E-state index >= 15 is 0 Å². The Balaban J connectivity index is 1.87. The maximum atomic E-state index is 12.9. The molecule has 25 heavy (non-hydrogen) atoms. The predicted octanol–water partition coefficient (Wildman–Crippen LogP) is 5.06. The van der Waals surface area contributed by atoms with Crippen LogP contribution in [0.4, 0.5) is 5.69 Å². The van der Waals surface area contributed by atoms with Crippen LogP contribution in [0, 0.1) is 5.41 Å². The average Bonchev–Trinajstić information content (AvgIpc) is 2.62. The first kappa shape index (κ1) is 17.0. The standard InChI is InChI=1S/C22H23NO2/c1-22(2,15-16-9-5-4-6-10-16)21(24)23-19-13-14-20(25-3)18-12-8-7-11-17(18)19/h4-14H,15H2,1-3H3,(H,23,24). The smallest absolute Gasteiger partial charge is 0.230 e. The molecular weight excluding hydrogens is 310 g/mol. The van der Waals surface area contributed by atoms with Crippen molar-refractivity contribution in [1.82, 2.24) is 0 Å². The number of nitrogens with one attached hydrogen (secondary N) is 1. The number of hydrogen-bond acceptors (Lipinski definition) is 2. The van der Waals surface area contributed by atoms with Gasteiger partial charge in [-0.1, -0.05) is 68.4 Å². The first-order valence-electron chi connectivity index (χ1n) is 8.42. The summed E-state index contributed by atoms with van der Waals surface area (Å²) in [6.45, 7) is 3.95. The zero-order valence-electron chi connectivity index (χ0n) is 14.9. The molecule has 0 saturated heterocycles. The molecule has 3 rings (SSSR count). The van der Waals surface area contributed by atoms with E-state index in [0.29, 0.717) is 6.42 Å². The van der Waals surface area contributed by atoms with Crippen molar-refractivity contribution in [2.75, 3.05) is 12.4 Å². The van der Waals surface area contributed by atoms with Gasteiger partial charge in [0.25, 0.3) is 0 Å². The van der Waals surface area contributed by atoms with Gasteiger partial charge in [-0.25, -0.2) is 0 Å². The van der Waals surface area contributed by atoms with E-state index in [2.05, 4.69) is 17.4 Å². The quantitative estimate of drug-likeness (QED) is 0.709. The summed E-state index contributed by atoms with van der Waals surface area (Å²) >= 11 is 0. The first-order chi connectivity index (χ1) is 12.0. The van der Waals surface area contributed by atoms with Crippen molar-refractivity contribution in [2.24, 2.45) is 5.41 Å². The van der Waals surface area contributed by atoms with Gasteiger partial charge >= 0.3 is 0 Å². The van der Waals surface area contributed by atoms with Gasteiger partial charge in [-0.05, 0) is 24.1 Å². The summed E-state index contributed by atoms with van der Waals surface area (Å²) < 4.78 is 5.42. The van der Waals surface area contributed by atoms with Gasteiger partial charge in [0.15, 0.2) is 0 Å². The van der Waals surface area contributed by atoms with Crippen LogP contribution in [-0.4, -0.2) is 13.0 Å². The second-order valence-electron chi connectivity index (χ2n) is 6.86. The van der Waals surface area contributed by atoms with Gasteiger partial charge in [0.2, 0.25) is 5.91 Å². The molecule has 0 atom stereocenters. The second kappa shape index (κ2) is 6.98. The molecule has 1 N–H and O–H groups in total. The van der Waals surface area contributed by atoms with Crippen LogP contribution in [0.2, 0.25) is 0 Å². The van der Waals surface area contributed by atoms with Crippen LogP contribution in [-0.2, 0) is 11.2 Å². The van der Waals surface area contributed by atoms with Crippen molar-refractivity contribution in [1.29, 1.82) is 0 Å². The molecule has 128 valence electrons. The normalized spacial score (nSPS) is 11.3. The molecule has 0 fully saturated rings. The molecule has 0 aliphatic carbocycles. The van der Waals surface area contributed by atoms with Crippen LogP contribution < -0.4 is 10.1 Å². The Bertz CT molecular complexity index is 885. The number of carbonyl (C=O) groups is 1. The molecule has 0 unspecified atom stereocenters. The number of methoxy groups -OCH3 is 1. The number of ether oxygens (including phenoxy) is 1. The molecule has 0 aliphatic heterocycles. The highest BCUT2D eigenvalue weighted by atomic mass is 16.5. The van der Waals surface area contributed by atoms with Crippen molar-refractivity contribution in [3.05, 3.63) is 72.3 Å². The third-order valence-corrected chi connectivity index (χ3v) is 4.46. The van der Waals surface area contributed by atoms with Crippen LogP contribution in [0.15, 0.2) is 66.7 Å². The number of benzene rings is 3. The summed E-state index contributed by atoms with van der Waals surface area (Å²) in [6.07, 6.45) is 0.688. The number of rotatable bonds is 5. The highest BCUT2D eigenvalue weighted by Crippen LogP contribution is 2.33. The second-order valence-corrected chi connectivity index (χ2v) is 6.86. The average molecular weight is 333 g/mol. The van der Waals surface area contributed by atoms with Gasteiger partial charge in [0.1, 0.15) is 5.75 Å². The largest absolute Gasteiger partial charge is 0.496 e. The highest BCUT2D eigenvalue weighted by molar-refractivity contribution is 6.05. The molecule has 0 radical (unpaired) electrons. The zero-order valence-corrected chi connectivity index (χ0v) is 14.9. The van der Waals surface area contributed by atoms with Gasteiger partial charge in [-0.15, -0.1) is 0 Å². The van der Waals surface area contributed by atoms with Crippen LogP contribution in [0.25, 0.3) is 10.8 Å². The molecule has 3 aromatic carbocycles. The van der Waals surface area contributed by atoms with Crippen molar-refractivity contribution >= 4 is 22.4 Å². The molecule has 0 spiro atoms. The van der Waals surface area contributed by atoms with Gasteiger partial charge in [0, 0.05) is 21.9 Å². The van der Waals surface area contributed by atoms with E-state index in [0.717, 1.165) is 27.8 Å². The Kier molecular flexibility index (Phi) is 4.75. The van der Waals surface area contributed by atoms with E-state index in [9.17, 15) is 4.79 Å². The van der Waals surface area contributed by atoms with E-state index in [1.807, 2.05) is 68.4 Å². The minimum Gasteiger partial charge on any atom is -0.496 e. The highest BCUT2D eigenvalue weighted by Gasteiger charge is 2.28. The Labute approximate surface area is 148 Å². The van der Waals surface area contributed by atoms with Crippen LogP contribution in [0.5, 0.6) is 5.75 Å². The van der Waals surface area contributed by atoms with Crippen molar-refractivity contribution in [2.45, 2.75) is 20.3 Å². The number of carbonyl (C=O) groups excluding carboxylic acids is 1. The maximum absolute atomic E-state index is 12.9. The fourth-order valence-electron chi connectivity index (χ4n) is 3.04. The van der Waals surface area contributed by atoms with Gasteiger partial charge in [-0.3, -0.25) is 4.79 Å². The summed E-state index contributed by atoms with van der Waals surface area (Å²) in [6, 6.07) is 21.8. The van der Waals surface area contributed by atoms with Gasteiger partial charge in [0.05, 0.1) is 7.11 Å². The molecule has 0 bridgehead atoms. The Morgan fingerprint density at radius 2 is 1.56 bits per heavy atom. The molecule has 1 amide bonds. The number of amides is 1. The number of fused-ring (bicyclic) bond motifs is 1. The summed E-state index contributed by atoms with van der Waals surface area (Å²) in [4.78, 5) is 12.9. The molecule has 3 aromatic rings. The predicted molar refractivity (Wildman–Crippen MR) is 103 cm³/mol. The van der Waals surface area contributed by atoms with Crippen LogP contribution >= 0.6 is 0 Å². The third kappa shape index (κ3) is 3.66. The summed E-state index contributed by atoms with van der Waals surface area (Å²) in [5.74, 6) is 0.809. The van der Waals surface area contributed by atoms with Crippen LogP contribution in [0.3, 0.4) is 0 Å². The lowest BCUT2D eigenvalue weighted by atomic mass is 9.84. The number of anilines is 1. The van der Waals surface area contributed by atoms with E-state index in [1.165, 1.54) is 0 Å². The fourth-order valence-corrected chi connectivity index (χ4v) is 3.04. The Morgan fingerprint density at radius 1 is 0.920 bits per heavy atom. The van der Waals surface area contributed by atoms with Crippen LogP contribution in [0.1, 0.15) is 19.4 Å². The third-order valence-electron chi connectivity index (χ3n) is 4.46. The Hall–Kier alpha value is -2.81. The van der Waals surface area contributed by atoms with Crippen molar-refractivity contribution in [3.63, 3.8) is 0 Å². The first-order valence-corrected chi connectivity index (χ1v) is 8.42. The lowest BCUT2D eigenvalue weighted by molar-refractivity contribution is -0.123. The van der Waals surface area contributed by atoms with E-state index < -0.39 is 5.41 Å². The molecule has 0 saturated carbocycles. The monoisotopic (exact) mass is 333 g/mol. The Morgan fingerprint density at radius 3 is 2.24 bits per heavy atom. The molecular formula is C22H23NO2. The lowest BCUT2D eigenvalue weighted by Crippen LogP contribution is -2.32. The van der Waals surface area contributed by atoms with Gasteiger partial charge < -0.3 is 10.1 Å². The van der Waals surface area contributed by atoms with E-state index in [4.69, 9.17) is 4.74 Å². The van der Waals surface area contributed by atoms with E-state index in [1.54, 1.807) is 7.11 Å². The van der Waals surface area contributed by atoms with E-state index in [-0.39, 0.29) is 5.91 Å². The summed E-state index contributed by atoms with van der Waals surface area (Å²) in [5, 5.41) is 5.07. The molecule has 0 heterocycles. The zero-order chi connectivity index (χ0) is 17.9. The fraction of sp³-hybridized carbons (Fsp3) is 0.227. The molecule has 0 aliphatic rings. The maximum Gasteiger partial charge on any atom is 0.230 e. The number of hydrogen-bond donors (Lipinski definition) is 1. The van der Waals surface area contributed by atoms with Gasteiger partial charge in [-0.2, -0.15) is 0 Å². The minimum atomic E-state index is -0.512. The molecule has 3 heteroatoms. The minimum absolute atomic E-state index is 0.00618. The summed E-state index contributed by atoms with van der Waals surface area (Å²) in [5.41, 5.74) is 1.45. The van der Waals surface area contributed by atoms with Crippen molar-refractivity contribution in [3.8, 4) is 5.75 Å². The molecule has 3 nitrogen and oxygen atoms in total. The summed E-state index contributed by atoms with van der Waals surface area (Å²) in [7, 11) is 1.66. The molecule has 0 aromatic heterocycles.